The third-order valence-corrected chi connectivity index (χ3v) is 4.81. The van der Waals surface area contributed by atoms with Crippen LogP contribution in [0.4, 0.5) is 0 Å². The SMILES string of the molecule is Cc1nc2ccc(-c3c[nH]c4nc(CC(C)C)ncc34)cc2s1. The van der Waals surface area contributed by atoms with Crippen molar-refractivity contribution in [3.63, 3.8) is 0 Å². The molecule has 1 aromatic carbocycles. The van der Waals surface area contributed by atoms with Gasteiger partial charge in [-0.25, -0.2) is 15.0 Å². The zero-order valence-corrected chi connectivity index (χ0v) is 14.2. The summed E-state index contributed by atoms with van der Waals surface area (Å²) in [5.74, 6) is 1.45. The third-order valence-electron chi connectivity index (χ3n) is 3.88. The normalized spacial score (nSPS) is 11.8. The summed E-state index contributed by atoms with van der Waals surface area (Å²) in [6.45, 7) is 6.40. The molecule has 0 saturated heterocycles. The van der Waals surface area contributed by atoms with E-state index >= 15 is 0 Å². The molecule has 1 N–H and O–H groups in total. The third kappa shape index (κ3) is 2.61. The van der Waals surface area contributed by atoms with E-state index in [2.05, 4.69) is 52.0 Å². The zero-order chi connectivity index (χ0) is 16.0. The first-order valence-electron chi connectivity index (χ1n) is 7.81. The second kappa shape index (κ2) is 5.42. The molecule has 0 unspecified atom stereocenters. The number of nitrogens with zero attached hydrogens (tertiary/aromatic N) is 3. The molecule has 0 aliphatic carbocycles. The first kappa shape index (κ1) is 14.3. The van der Waals surface area contributed by atoms with E-state index in [0.29, 0.717) is 5.92 Å². The molecule has 0 radical (unpaired) electrons. The van der Waals surface area contributed by atoms with Crippen LogP contribution in [0.1, 0.15) is 24.7 Å². The fourth-order valence-corrected chi connectivity index (χ4v) is 3.72. The van der Waals surface area contributed by atoms with Crippen molar-refractivity contribution in [2.45, 2.75) is 27.2 Å². The van der Waals surface area contributed by atoms with Crippen molar-refractivity contribution < 1.29 is 0 Å². The van der Waals surface area contributed by atoms with Crippen molar-refractivity contribution in [1.82, 2.24) is 19.9 Å². The van der Waals surface area contributed by atoms with Gasteiger partial charge in [0.1, 0.15) is 11.5 Å². The van der Waals surface area contributed by atoms with Crippen LogP contribution in [0.3, 0.4) is 0 Å². The molecule has 0 aliphatic rings. The Morgan fingerprint density at radius 2 is 2.09 bits per heavy atom. The number of aryl methyl sites for hydroxylation is 1. The van der Waals surface area contributed by atoms with Gasteiger partial charge in [0.05, 0.1) is 15.2 Å². The van der Waals surface area contributed by atoms with E-state index in [1.54, 1.807) is 11.3 Å². The van der Waals surface area contributed by atoms with Crippen molar-refractivity contribution in [2.24, 2.45) is 5.92 Å². The summed E-state index contributed by atoms with van der Waals surface area (Å²) in [6, 6.07) is 6.40. The molecule has 0 saturated carbocycles. The van der Waals surface area contributed by atoms with E-state index in [1.807, 2.05) is 19.3 Å². The number of thiazole rings is 1. The number of H-pyrrole nitrogens is 1. The molecule has 3 aromatic heterocycles. The molecule has 0 aliphatic heterocycles. The second-order valence-corrected chi connectivity index (χ2v) is 7.50. The van der Waals surface area contributed by atoms with E-state index in [-0.39, 0.29) is 0 Å². The van der Waals surface area contributed by atoms with Crippen molar-refractivity contribution in [1.29, 1.82) is 0 Å². The molecule has 4 nitrogen and oxygen atoms in total. The average Bonchev–Trinajstić information content (AvgIpc) is 3.07. The topological polar surface area (TPSA) is 54.5 Å². The largest absolute Gasteiger partial charge is 0.345 e. The van der Waals surface area contributed by atoms with Crippen LogP contribution in [0.25, 0.3) is 32.4 Å². The lowest BCUT2D eigenvalue weighted by atomic mass is 10.1. The number of benzene rings is 1. The lowest BCUT2D eigenvalue weighted by Gasteiger charge is -2.03. The fourth-order valence-electron chi connectivity index (χ4n) is 2.85. The minimum absolute atomic E-state index is 0.554. The van der Waals surface area contributed by atoms with Crippen LogP contribution < -0.4 is 0 Å². The highest BCUT2D eigenvalue weighted by Crippen LogP contribution is 2.31. The molecule has 23 heavy (non-hydrogen) atoms. The highest BCUT2D eigenvalue weighted by atomic mass is 32.1. The van der Waals surface area contributed by atoms with Gasteiger partial charge in [-0.05, 0) is 30.5 Å². The number of fused-ring (bicyclic) bond motifs is 2. The van der Waals surface area contributed by atoms with Crippen LogP contribution >= 0.6 is 11.3 Å². The lowest BCUT2D eigenvalue weighted by Crippen LogP contribution is -2.00. The molecule has 5 heteroatoms. The Hall–Kier alpha value is -2.27. The first-order valence-corrected chi connectivity index (χ1v) is 8.62. The summed E-state index contributed by atoms with van der Waals surface area (Å²) in [6.07, 6.45) is 4.86. The minimum Gasteiger partial charge on any atom is -0.345 e. The zero-order valence-electron chi connectivity index (χ0n) is 13.4. The predicted molar refractivity (Wildman–Crippen MR) is 95.8 cm³/mol. The van der Waals surface area contributed by atoms with Crippen molar-refractivity contribution in [3.8, 4) is 11.1 Å². The van der Waals surface area contributed by atoms with Gasteiger partial charge in [0.2, 0.25) is 0 Å². The minimum atomic E-state index is 0.554. The van der Waals surface area contributed by atoms with Crippen LogP contribution in [0.15, 0.2) is 30.6 Å². The Bertz CT molecular complexity index is 997. The molecule has 0 amide bonds. The molecule has 4 rings (SSSR count). The highest BCUT2D eigenvalue weighted by Gasteiger charge is 2.11. The van der Waals surface area contributed by atoms with Gasteiger partial charge in [-0.2, -0.15) is 0 Å². The molecule has 0 atom stereocenters. The van der Waals surface area contributed by atoms with Crippen LogP contribution in [-0.2, 0) is 6.42 Å². The Kier molecular flexibility index (Phi) is 3.38. The summed E-state index contributed by atoms with van der Waals surface area (Å²) < 4.78 is 1.21. The van der Waals surface area contributed by atoms with Crippen molar-refractivity contribution in [3.05, 3.63) is 41.4 Å². The summed E-state index contributed by atoms with van der Waals surface area (Å²) >= 11 is 1.73. The first-order chi connectivity index (χ1) is 11.1. The van der Waals surface area contributed by atoms with Crippen molar-refractivity contribution >= 4 is 32.6 Å². The Morgan fingerprint density at radius 3 is 2.91 bits per heavy atom. The molecule has 3 heterocycles. The molecule has 4 aromatic rings. The molecular formula is C18H18N4S. The van der Waals surface area contributed by atoms with Gasteiger partial charge in [0.25, 0.3) is 0 Å². The summed E-state index contributed by atoms with van der Waals surface area (Å²) in [7, 11) is 0. The van der Waals surface area contributed by atoms with Crippen molar-refractivity contribution in [2.75, 3.05) is 0 Å². The molecule has 0 spiro atoms. The number of aromatic amines is 1. The van der Waals surface area contributed by atoms with Gasteiger partial charge >= 0.3 is 0 Å². The average molecular weight is 322 g/mol. The van der Waals surface area contributed by atoms with Gasteiger partial charge in [-0.3, -0.25) is 0 Å². The molecule has 0 bridgehead atoms. The second-order valence-electron chi connectivity index (χ2n) is 6.26. The van der Waals surface area contributed by atoms with E-state index in [0.717, 1.165) is 39.4 Å². The Labute approximate surface area is 138 Å². The van der Waals surface area contributed by atoms with Crippen LogP contribution in [0.5, 0.6) is 0 Å². The molecular weight excluding hydrogens is 304 g/mol. The number of hydrogen-bond acceptors (Lipinski definition) is 4. The maximum Gasteiger partial charge on any atom is 0.141 e. The summed E-state index contributed by atoms with van der Waals surface area (Å²) in [5.41, 5.74) is 4.29. The highest BCUT2D eigenvalue weighted by molar-refractivity contribution is 7.18. The van der Waals surface area contributed by atoms with Gasteiger partial charge in [0, 0.05) is 29.8 Å². The smallest absolute Gasteiger partial charge is 0.141 e. The Balaban J connectivity index is 1.80. The van der Waals surface area contributed by atoms with Crippen LogP contribution in [0.2, 0.25) is 0 Å². The number of rotatable bonds is 3. The monoisotopic (exact) mass is 322 g/mol. The van der Waals surface area contributed by atoms with Gasteiger partial charge < -0.3 is 4.98 Å². The molecule has 0 fully saturated rings. The van der Waals surface area contributed by atoms with E-state index in [9.17, 15) is 0 Å². The van der Waals surface area contributed by atoms with Crippen LogP contribution in [0, 0.1) is 12.8 Å². The predicted octanol–water partition coefficient (Wildman–Crippen LogP) is 4.74. The standard InChI is InChI=1S/C18H18N4S/c1-10(2)6-17-19-9-14-13(8-20-18(14)22-17)12-4-5-15-16(7-12)23-11(3)21-15/h4-5,7-10H,6H2,1-3H3,(H,19,20,22). The summed E-state index contributed by atoms with van der Waals surface area (Å²) in [4.78, 5) is 17.0. The number of hydrogen-bond donors (Lipinski definition) is 1. The lowest BCUT2D eigenvalue weighted by molar-refractivity contribution is 0.622. The number of aromatic nitrogens is 4. The molecule has 116 valence electrons. The van der Waals surface area contributed by atoms with Gasteiger partial charge in [-0.1, -0.05) is 19.9 Å². The van der Waals surface area contributed by atoms with Gasteiger partial charge in [-0.15, -0.1) is 11.3 Å². The quantitative estimate of drug-likeness (QED) is 0.592. The maximum absolute atomic E-state index is 4.65. The summed E-state index contributed by atoms with van der Waals surface area (Å²) in [5, 5.41) is 2.16. The van der Waals surface area contributed by atoms with E-state index in [1.165, 1.54) is 10.3 Å². The number of nitrogens with one attached hydrogen (secondary N) is 1. The van der Waals surface area contributed by atoms with Crippen LogP contribution in [-0.4, -0.2) is 19.9 Å². The van der Waals surface area contributed by atoms with E-state index < -0.39 is 0 Å². The maximum atomic E-state index is 4.65. The fraction of sp³-hybridized carbons (Fsp3) is 0.278. The van der Waals surface area contributed by atoms with E-state index in [4.69, 9.17) is 0 Å². The van der Waals surface area contributed by atoms with Gasteiger partial charge in [0.15, 0.2) is 0 Å². The Morgan fingerprint density at radius 1 is 1.22 bits per heavy atom.